The summed E-state index contributed by atoms with van der Waals surface area (Å²) in [5.74, 6) is -1.43. The molecule has 1 aliphatic carbocycles. The van der Waals surface area contributed by atoms with Gasteiger partial charge in [0.1, 0.15) is 28.8 Å². The Balaban J connectivity index is 1.35. The summed E-state index contributed by atoms with van der Waals surface area (Å²) in [5.41, 5.74) is 0. The lowest BCUT2D eigenvalue weighted by molar-refractivity contribution is -0.145. The Labute approximate surface area is 317 Å². The lowest BCUT2D eigenvalue weighted by Gasteiger charge is -2.26. The van der Waals surface area contributed by atoms with E-state index in [2.05, 4.69) is 13.2 Å². The highest BCUT2D eigenvalue weighted by atomic mass is 35.5. The van der Waals surface area contributed by atoms with Crippen LogP contribution in [0.2, 0.25) is 10.0 Å². The van der Waals surface area contributed by atoms with Crippen LogP contribution >= 0.6 is 23.2 Å². The standard InChI is InChI=1S/C38H42Cl2O13/c1-4-27(5-2)46-19-7-9-21-48-37(44)50-28-15-17-32(30(39)23-28)52-35(42)25-11-13-26(14-12-25)36(43)53-33-18-16-29(24-31(33)40)51-38(45)49-22-10-8-20-47-34(41)6-3/h4-6,15-18,23-26H,1,3,7-14,19-22H2,2H3. The highest BCUT2D eigenvalue weighted by molar-refractivity contribution is 6.32. The van der Waals surface area contributed by atoms with Gasteiger partial charge in [0.2, 0.25) is 0 Å². The molecule has 0 amide bonds. The maximum atomic E-state index is 12.9. The van der Waals surface area contributed by atoms with Crippen molar-refractivity contribution in [2.45, 2.75) is 58.3 Å². The van der Waals surface area contributed by atoms with Gasteiger partial charge in [0.05, 0.1) is 48.3 Å². The van der Waals surface area contributed by atoms with E-state index < -0.39 is 42.1 Å². The number of carbonyl (C=O) groups excluding carboxylic acids is 5. The summed E-state index contributed by atoms with van der Waals surface area (Å²) in [6.45, 7) is 9.62. The fourth-order valence-electron chi connectivity index (χ4n) is 4.86. The van der Waals surface area contributed by atoms with Gasteiger partial charge in [-0.3, -0.25) is 9.59 Å². The van der Waals surface area contributed by atoms with Crippen LogP contribution < -0.4 is 18.9 Å². The first-order chi connectivity index (χ1) is 25.5. The lowest BCUT2D eigenvalue weighted by Crippen LogP contribution is -2.30. The van der Waals surface area contributed by atoms with E-state index in [4.69, 9.17) is 61.1 Å². The average molecular weight is 778 g/mol. The molecule has 2 aromatic rings. The number of rotatable bonds is 19. The molecule has 0 atom stereocenters. The third kappa shape index (κ3) is 15.2. The van der Waals surface area contributed by atoms with Crippen molar-refractivity contribution in [3.63, 3.8) is 0 Å². The second kappa shape index (κ2) is 22.8. The van der Waals surface area contributed by atoms with Crippen molar-refractivity contribution in [1.82, 2.24) is 0 Å². The topological polar surface area (TPSA) is 159 Å². The fraction of sp³-hybridized carbons (Fsp3) is 0.395. The molecule has 53 heavy (non-hydrogen) atoms. The van der Waals surface area contributed by atoms with Crippen molar-refractivity contribution in [1.29, 1.82) is 0 Å². The third-order valence-corrected chi connectivity index (χ3v) is 8.30. The van der Waals surface area contributed by atoms with Gasteiger partial charge in [-0.15, -0.1) is 0 Å². The zero-order valence-electron chi connectivity index (χ0n) is 29.3. The number of esters is 3. The molecule has 0 radical (unpaired) electrons. The molecular weight excluding hydrogens is 735 g/mol. The Hall–Kier alpha value is -5.01. The van der Waals surface area contributed by atoms with Gasteiger partial charge < -0.3 is 37.9 Å². The Morgan fingerprint density at radius 2 is 1.04 bits per heavy atom. The molecule has 0 bridgehead atoms. The molecule has 0 saturated heterocycles. The highest BCUT2D eigenvalue weighted by Gasteiger charge is 2.33. The number of unbranched alkanes of at least 4 members (excludes halogenated alkanes) is 2. The molecule has 2 aromatic carbocycles. The molecule has 0 aromatic heterocycles. The maximum absolute atomic E-state index is 12.9. The van der Waals surface area contributed by atoms with Gasteiger partial charge in [-0.1, -0.05) is 36.4 Å². The van der Waals surface area contributed by atoms with Crippen molar-refractivity contribution in [3.8, 4) is 23.0 Å². The molecule has 0 heterocycles. The van der Waals surface area contributed by atoms with Gasteiger partial charge in [-0.05, 0) is 94.7 Å². The summed E-state index contributed by atoms with van der Waals surface area (Å²) in [5, 5.41) is 0.102. The van der Waals surface area contributed by atoms with Crippen LogP contribution in [0.15, 0.2) is 73.5 Å². The fourth-order valence-corrected chi connectivity index (χ4v) is 5.27. The smallest absolute Gasteiger partial charge is 0.494 e. The Morgan fingerprint density at radius 3 is 1.42 bits per heavy atom. The first kappa shape index (κ1) is 42.4. The Bertz CT molecular complexity index is 1630. The first-order valence-electron chi connectivity index (χ1n) is 16.9. The molecule has 286 valence electrons. The van der Waals surface area contributed by atoms with Gasteiger partial charge in [-0.2, -0.15) is 0 Å². The van der Waals surface area contributed by atoms with Gasteiger partial charge in [0, 0.05) is 18.2 Å². The van der Waals surface area contributed by atoms with Crippen LogP contribution in [0.1, 0.15) is 58.3 Å². The van der Waals surface area contributed by atoms with E-state index in [1.54, 1.807) is 12.2 Å². The lowest BCUT2D eigenvalue weighted by atomic mass is 9.82. The average Bonchev–Trinajstić information content (AvgIpc) is 3.14. The number of hydrogen-bond acceptors (Lipinski definition) is 13. The molecule has 0 aliphatic heterocycles. The predicted octanol–water partition coefficient (Wildman–Crippen LogP) is 8.74. The summed E-state index contributed by atoms with van der Waals surface area (Å²) < 4.78 is 41.6. The number of carbonyl (C=O) groups is 5. The minimum absolute atomic E-state index is 0.0413. The van der Waals surface area contributed by atoms with Crippen molar-refractivity contribution in [2.75, 3.05) is 26.4 Å². The van der Waals surface area contributed by atoms with Crippen LogP contribution in [0.25, 0.3) is 0 Å². The number of halogens is 2. The number of benzene rings is 2. The SMILES string of the molecule is C=CC(=O)OCCCCOC(=O)Oc1ccc(OC(=O)C2CCC(C(=O)Oc3ccc(OC(=O)OCCCCOC(C=C)=CC)cc3Cl)CC2)c(Cl)c1. The summed E-state index contributed by atoms with van der Waals surface area (Å²) in [7, 11) is 0. The molecule has 1 aliphatic rings. The largest absolute Gasteiger partial charge is 0.513 e. The molecule has 0 spiro atoms. The Morgan fingerprint density at radius 1 is 0.623 bits per heavy atom. The third-order valence-electron chi connectivity index (χ3n) is 7.71. The minimum Gasteiger partial charge on any atom is -0.494 e. The van der Waals surface area contributed by atoms with Crippen LogP contribution in [0, 0.1) is 11.8 Å². The summed E-state index contributed by atoms with van der Waals surface area (Å²) >= 11 is 12.6. The highest BCUT2D eigenvalue weighted by Crippen LogP contribution is 2.35. The maximum Gasteiger partial charge on any atom is 0.513 e. The number of allylic oxidation sites excluding steroid dienone is 2. The van der Waals surface area contributed by atoms with Crippen molar-refractivity contribution < 1.29 is 61.9 Å². The van der Waals surface area contributed by atoms with E-state index in [1.807, 2.05) is 6.92 Å². The van der Waals surface area contributed by atoms with Gasteiger partial charge in [0.25, 0.3) is 0 Å². The zero-order chi connectivity index (χ0) is 38.6. The van der Waals surface area contributed by atoms with Gasteiger partial charge in [0.15, 0.2) is 0 Å². The van der Waals surface area contributed by atoms with Crippen LogP contribution in [-0.2, 0) is 33.3 Å². The normalized spacial score (nSPS) is 15.3. The van der Waals surface area contributed by atoms with E-state index in [1.165, 1.54) is 36.4 Å². The zero-order valence-corrected chi connectivity index (χ0v) is 30.8. The molecule has 1 fully saturated rings. The molecule has 13 nitrogen and oxygen atoms in total. The quantitative estimate of drug-likeness (QED) is 0.0195. The molecule has 3 rings (SSSR count). The predicted molar refractivity (Wildman–Crippen MR) is 193 cm³/mol. The molecule has 0 N–H and O–H groups in total. The monoisotopic (exact) mass is 776 g/mol. The second-order valence-corrected chi connectivity index (χ2v) is 12.3. The van der Waals surface area contributed by atoms with Gasteiger partial charge in [-0.25, -0.2) is 14.4 Å². The van der Waals surface area contributed by atoms with Crippen LogP contribution in [-0.4, -0.2) is 56.6 Å². The van der Waals surface area contributed by atoms with E-state index in [-0.39, 0.29) is 52.9 Å². The van der Waals surface area contributed by atoms with Crippen LogP contribution in [0.3, 0.4) is 0 Å². The van der Waals surface area contributed by atoms with E-state index in [9.17, 15) is 24.0 Å². The van der Waals surface area contributed by atoms with Crippen molar-refractivity contribution in [2.24, 2.45) is 11.8 Å². The summed E-state index contributed by atoms with van der Waals surface area (Å²) in [6.07, 6.45) is 6.31. The van der Waals surface area contributed by atoms with Gasteiger partial charge >= 0.3 is 30.2 Å². The second-order valence-electron chi connectivity index (χ2n) is 11.5. The van der Waals surface area contributed by atoms with Crippen molar-refractivity contribution in [3.05, 3.63) is 83.6 Å². The van der Waals surface area contributed by atoms with E-state index in [0.29, 0.717) is 63.7 Å². The molecule has 0 unspecified atom stereocenters. The number of ether oxygens (including phenoxy) is 8. The van der Waals surface area contributed by atoms with Crippen molar-refractivity contribution >= 4 is 53.4 Å². The number of hydrogen-bond donors (Lipinski definition) is 0. The molecule has 1 saturated carbocycles. The van der Waals surface area contributed by atoms with E-state index in [0.717, 1.165) is 6.08 Å². The summed E-state index contributed by atoms with van der Waals surface area (Å²) in [6, 6.07) is 8.29. The first-order valence-corrected chi connectivity index (χ1v) is 17.7. The van der Waals surface area contributed by atoms with E-state index >= 15 is 0 Å². The summed E-state index contributed by atoms with van der Waals surface area (Å²) in [4.78, 5) is 60.8. The molecular formula is C38H42Cl2O13. The molecule has 15 heteroatoms. The van der Waals surface area contributed by atoms with Crippen LogP contribution in [0.4, 0.5) is 9.59 Å². The minimum atomic E-state index is -0.952. The Kier molecular flexibility index (Phi) is 18.3. The van der Waals surface area contributed by atoms with Crippen LogP contribution in [0.5, 0.6) is 23.0 Å².